The van der Waals surface area contributed by atoms with Gasteiger partial charge in [0, 0.05) is 25.2 Å². The van der Waals surface area contributed by atoms with Crippen molar-refractivity contribution in [3.63, 3.8) is 0 Å². The molecule has 0 aromatic heterocycles. The first-order valence-electron chi connectivity index (χ1n) is 9.42. The molecule has 2 rings (SSSR count). The summed E-state index contributed by atoms with van der Waals surface area (Å²) in [4.78, 5) is 27.1. The highest BCUT2D eigenvalue weighted by Gasteiger charge is 2.29. The van der Waals surface area contributed by atoms with Gasteiger partial charge in [0.15, 0.2) is 11.5 Å². The molecule has 1 unspecified atom stereocenters. The summed E-state index contributed by atoms with van der Waals surface area (Å²) in [6, 6.07) is 3.29. The lowest BCUT2D eigenvalue weighted by Crippen LogP contribution is -2.45. The molecule has 1 N–H and O–H groups in total. The van der Waals surface area contributed by atoms with Crippen molar-refractivity contribution in [1.82, 2.24) is 10.2 Å². The zero-order valence-corrected chi connectivity index (χ0v) is 16.7. The van der Waals surface area contributed by atoms with E-state index in [9.17, 15) is 9.59 Å². The third-order valence-corrected chi connectivity index (χ3v) is 4.82. The summed E-state index contributed by atoms with van der Waals surface area (Å²) < 4.78 is 16.0. The van der Waals surface area contributed by atoms with Crippen LogP contribution in [0.1, 0.15) is 43.0 Å². The van der Waals surface area contributed by atoms with Crippen LogP contribution in [0.2, 0.25) is 0 Å². The number of ether oxygens (including phenoxy) is 3. The predicted molar refractivity (Wildman–Crippen MR) is 103 cm³/mol. The number of amides is 2. The highest BCUT2D eigenvalue weighted by Crippen LogP contribution is 2.38. The van der Waals surface area contributed by atoms with Gasteiger partial charge in [-0.05, 0) is 31.4 Å². The van der Waals surface area contributed by atoms with Gasteiger partial charge in [-0.25, -0.2) is 0 Å². The minimum Gasteiger partial charge on any atom is -0.493 e. The van der Waals surface area contributed by atoms with Crippen LogP contribution in [0.3, 0.4) is 0 Å². The molecular formula is C20H30N2O5. The van der Waals surface area contributed by atoms with E-state index in [2.05, 4.69) is 12.2 Å². The number of carbonyl (C=O) groups excluding carboxylic acids is 2. The normalized spacial score (nSPS) is 16.6. The fourth-order valence-corrected chi connectivity index (χ4v) is 3.30. The number of hydrogen-bond acceptors (Lipinski definition) is 5. The molecule has 2 amide bonds. The quantitative estimate of drug-likeness (QED) is 0.703. The van der Waals surface area contributed by atoms with Gasteiger partial charge in [-0.3, -0.25) is 9.59 Å². The molecule has 1 aromatic rings. The van der Waals surface area contributed by atoms with Gasteiger partial charge >= 0.3 is 0 Å². The van der Waals surface area contributed by atoms with E-state index in [0.717, 1.165) is 25.7 Å². The summed E-state index contributed by atoms with van der Waals surface area (Å²) in [6.45, 7) is 3.83. The van der Waals surface area contributed by atoms with Crippen LogP contribution in [0.15, 0.2) is 12.1 Å². The van der Waals surface area contributed by atoms with E-state index in [4.69, 9.17) is 14.2 Å². The van der Waals surface area contributed by atoms with E-state index in [1.165, 1.54) is 21.3 Å². The Bertz CT molecular complexity index is 637. The second kappa shape index (κ2) is 10.0. The summed E-state index contributed by atoms with van der Waals surface area (Å²) in [7, 11) is 4.56. The number of carbonyl (C=O) groups is 2. The van der Waals surface area contributed by atoms with E-state index in [1.54, 1.807) is 17.0 Å². The Morgan fingerprint density at radius 1 is 1.15 bits per heavy atom. The van der Waals surface area contributed by atoms with Crippen LogP contribution in [0.5, 0.6) is 17.2 Å². The zero-order valence-electron chi connectivity index (χ0n) is 16.7. The molecule has 27 heavy (non-hydrogen) atoms. The number of methoxy groups -OCH3 is 3. The van der Waals surface area contributed by atoms with E-state index < -0.39 is 0 Å². The molecule has 1 saturated heterocycles. The number of rotatable bonds is 8. The molecule has 0 saturated carbocycles. The Kier molecular flexibility index (Phi) is 7.76. The molecule has 150 valence electrons. The van der Waals surface area contributed by atoms with Gasteiger partial charge in [0.05, 0.1) is 27.2 Å². The lowest BCUT2D eigenvalue weighted by atomic mass is 9.96. The maximum absolute atomic E-state index is 13.0. The number of piperidine rings is 1. The summed E-state index contributed by atoms with van der Waals surface area (Å²) in [5, 5.41) is 2.97. The number of benzene rings is 1. The zero-order chi connectivity index (χ0) is 19.8. The van der Waals surface area contributed by atoms with Crippen molar-refractivity contribution in [2.45, 2.75) is 32.6 Å². The number of nitrogens with zero attached hydrogens (tertiary/aromatic N) is 1. The molecule has 1 aliphatic heterocycles. The van der Waals surface area contributed by atoms with E-state index in [1.807, 2.05) is 0 Å². The Morgan fingerprint density at radius 3 is 2.37 bits per heavy atom. The Morgan fingerprint density at radius 2 is 1.81 bits per heavy atom. The molecule has 1 atom stereocenters. The average molecular weight is 378 g/mol. The van der Waals surface area contributed by atoms with Crippen LogP contribution >= 0.6 is 0 Å². The fraction of sp³-hybridized carbons (Fsp3) is 0.600. The van der Waals surface area contributed by atoms with Crippen LogP contribution in [0, 0.1) is 5.92 Å². The smallest absolute Gasteiger partial charge is 0.254 e. The van der Waals surface area contributed by atoms with Crippen molar-refractivity contribution in [3.05, 3.63) is 17.7 Å². The van der Waals surface area contributed by atoms with Crippen molar-refractivity contribution in [3.8, 4) is 17.2 Å². The van der Waals surface area contributed by atoms with Crippen LogP contribution in [0.4, 0.5) is 0 Å². The molecule has 1 aromatic carbocycles. The number of likely N-dealkylation sites (tertiary alicyclic amines) is 1. The Balaban J connectivity index is 2.13. The monoisotopic (exact) mass is 378 g/mol. The summed E-state index contributed by atoms with van der Waals surface area (Å²) in [5.41, 5.74) is 0.455. The van der Waals surface area contributed by atoms with Gasteiger partial charge < -0.3 is 24.4 Å². The highest BCUT2D eigenvalue weighted by molar-refractivity contribution is 5.96. The van der Waals surface area contributed by atoms with E-state index >= 15 is 0 Å². The number of hydrogen-bond donors (Lipinski definition) is 1. The first-order valence-corrected chi connectivity index (χ1v) is 9.42. The van der Waals surface area contributed by atoms with Crippen LogP contribution in [0.25, 0.3) is 0 Å². The van der Waals surface area contributed by atoms with Crippen molar-refractivity contribution in [1.29, 1.82) is 0 Å². The van der Waals surface area contributed by atoms with Crippen LogP contribution < -0.4 is 19.5 Å². The molecule has 7 heteroatoms. The number of unbranched alkanes of at least 4 members (excludes halogenated alkanes) is 1. The molecule has 1 heterocycles. The van der Waals surface area contributed by atoms with Crippen LogP contribution in [-0.2, 0) is 4.79 Å². The van der Waals surface area contributed by atoms with Gasteiger partial charge in [-0.15, -0.1) is 0 Å². The molecule has 1 aliphatic rings. The molecule has 7 nitrogen and oxygen atoms in total. The topological polar surface area (TPSA) is 77.1 Å². The van der Waals surface area contributed by atoms with Crippen molar-refractivity contribution in [2.75, 3.05) is 41.0 Å². The summed E-state index contributed by atoms with van der Waals surface area (Å²) in [6.07, 6.45) is 3.61. The first kappa shape index (κ1) is 20.9. The third kappa shape index (κ3) is 5.05. The fourth-order valence-electron chi connectivity index (χ4n) is 3.30. The van der Waals surface area contributed by atoms with E-state index in [-0.39, 0.29) is 17.7 Å². The third-order valence-electron chi connectivity index (χ3n) is 4.82. The molecule has 1 fully saturated rings. The maximum Gasteiger partial charge on any atom is 0.254 e. The molecule has 0 radical (unpaired) electrons. The van der Waals surface area contributed by atoms with Gasteiger partial charge in [-0.1, -0.05) is 13.3 Å². The lowest BCUT2D eigenvalue weighted by Gasteiger charge is -2.32. The van der Waals surface area contributed by atoms with Crippen LogP contribution in [-0.4, -0.2) is 57.7 Å². The largest absolute Gasteiger partial charge is 0.493 e. The summed E-state index contributed by atoms with van der Waals surface area (Å²) >= 11 is 0. The second-order valence-corrected chi connectivity index (χ2v) is 6.65. The average Bonchev–Trinajstić information content (AvgIpc) is 2.72. The first-order chi connectivity index (χ1) is 13.0. The molecule has 0 spiro atoms. The van der Waals surface area contributed by atoms with Gasteiger partial charge in [-0.2, -0.15) is 0 Å². The lowest BCUT2D eigenvalue weighted by molar-refractivity contribution is -0.126. The van der Waals surface area contributed by atoms with Gasteiger partial charge in [0.25, 0.3) is 5.91 Å². The minimum absolute atomic E-state index is 0.0332. The van der Waals surface area contributed by atoms with Crippen molar-refractivity contribution < 1.29 is 23.8 Å². The minimum atomic E-state index is -0.165. The molecular weight excluding hydrogens is 348 g/mol. The van der Waals surface area contributed by atoms with Crippen molar-refractivity contribution in [2.24, 2.45) is 5.92 Å². The molecule has 0 aliphatic carbocycles. The highest BCUT2D eigenvalue weighted by atomic mass is 16.5. The van der Waals surface area contributed by atoms with E-state index in [0.29, 0.717) is 42.4 Å². The number of nitrogens with one attached hydrogen (secondary N) is 1. The summed E-state index contributed by atoms with van der Waals surface area (Å²) in [5.74, 6) is 1.05. The predicted octanol–water partition coefficient (Wildman–Crippen LogP) is 2.48. The van der Waals surface area contributed by atoms with Gasteiger partial charge in [0.2, 0.25) is 11.7 Å². The standard InChI is InChI=1S/C20H30N2O5/c1-5-6-9-21-19(23)14-8-7-10-22(13-14)20(24)15-11-16(25-2)18(27-4)17(12-15)26-3/h11-12,14H,5-10,13H2,1-4H3,(H,21,23). The Labute approximate surface area is 161 Å². The Hall–Kier alpha value is -2.44. The maximum atomic E-state index is 13.0. The van der Waals surface area contributed by atoms with Gasteiger partial charge in [0.1, 0.15) is 0 Å². The molecule has 0 bridgehead atoms. The van der Waals surface area contributed by atoms with Crippen molar-refractivity contribution >= 4 is 11.8 Å². The second-order valence-electron chi connectivity index (χ2n) is 6.65. The SMILES string of the molecule is CCCCNC(=O)C1CCCN(C(=O)c2cc(OC)c(OC)c(OC)c2)C1.